The zero-order chi connectivity index (χ0) is 18.4. The van der Waals surface area contributed by atoms with Crippen LogP contribution >= 0.6 is 0 Å². The average Bonchev–Trinajstić information content (AvgIpc) is 3.02. The Morgan fingerprint density at radius 1 is 1.20 bits per heavy atom. The predicted octanol–water partition coefficient (Wildman–Crippen LogP) is 0.213. The summed E-state index contributed by atoms with van der Waals surface area (Å²) in [5.74, 6) is 1.12. The molecular weight excluding hydrogens is 318 g/mol. The minimum absolute atomic E-state index is 0.0421. The number of rotatable bonds is 8. The molecule has 0 aromatic carbocycles. The van der Waals surface area contributed by atoms with Crippen molar-refractivity contribution in [3.8, 4) is 0 Å². The van der Waals surface area contributed by atoms with Crippen molar-refractivity contribution in [1.29, 1.82) is 0 Å². The standard InChI is InChI=1S/C18H31N5O2/c1-5-17-19-8-14(9-20-17)18(25)23-11-15(16(12-23)13-24)10-22(4)7-6-21(2)3/h8-9,15-16,24H,5-7,10-13H2,1-4H3/t15-,16-/m1/s1. The lowest BCUT2D eigenvalue weighted by molar-refractivity contribution is 0.0778. The Labute approximate surface area is 150 Å². The number of carbonyl (C=O) groups is 1. The van der Waals surface area contributed by atoms with Crippen molar-refractivity contribution in [3.05, 3.63) is 23.8 Å². The van der Waals surface area contributed by atoms with E-state index in [0.717, 1.165) is 31.9 Å². The highest BCUT2D eigenvalue weighted by atomic mass is 16.3. The van der Waals surface area contributed by atoms with Gasteiger partial charge in [-0.3, -0.25) is 4.79 Å². The summed E-state index contributed by atoms with van der Waals surface area (Å²) in [6, 6.07) is 0. The van der Waals surface area contributed by atoms with E-state index in [1.165, 1.54) is 0 Å². The average molecular weight is 349 g/mol. The third kappa shape index (κ3) is 5.45. The van der Waals surface area contributed by atoms with Crippen LogP contribution in [0.5, 0.6) is 0 Å². The molecule has 1 aromatic heterocycles. The van der Waals surface area contributed by atoms with Gasteiger partial charge in [-0.05, 0) is 27.1 Å². The van der Waals surface area contributed by atoms with E-state index < -0.39 is 0 Å². The Hall–Kier alpha value is -1.57. The van der Waals surface area contributed by atoms with Crippen LogP contribution < -0.4 is 0 Å². The third-order valence-corrected chi connectivity index (χ3v) is 4.84. The number of aliphatic hydroxyl groups is 1. The quantitative estimate of drug-likeness (QED) is 0.723. The smallest absolute Gasteiger partial charge is 0.257 e. The number of carbonyl (C=O) groups excluding carboxylic acids is 1. The first-order chi connectivity index (χ1) is 11.9. The Kier molecular flexibility index (Phi) is 7.28. The predicted molar refractivity (Wildman–Crippen MR) is 97.4 cm³/mol. The Morgan fingerprint density at radius 2 is 1.84 bits per heavy atom. The highest BCUT2D eigenvalue weighted by molar-refractivity contribution is 5.93. The monoisotopic (exact) mass is 349 g/mol. The molecule has 1 aliphatic heterocycles. The summed E-state index contributed by atoms with van der Waals surface area (Å²) in [5, 5.41) is 9.72. The number of aryl methyl sites for hydroxylation is 1. The minimum atomic E-state index is -0.0421. The Bertz CT molecular complexity index is 549. The van der Waals surface area contributed by atoms with Crippen LogP contribution in [0.3, 0.4) is 0 Å². The summed E-state index contributed by atoms with van der Waals surface area (Å²) in [4.78, 5) is 27.4. The molecule has 2 atom stereocenters. The molecule has 2 heterocycles. The number of hydrogen-bond donors (Lipinski definition) is 1. The molecule has 1 fully saturated rings. The van der Waals surface area contributed by atoms with E-state index in [4.69, 9.17) is 0 Å². The summed E-state index contributed by atoms with van der Waals surface area (Å²) in [7, 11) is 6.22. The summed E-state index contributed by atoms with van der Waals surface area (Å²) >= 11 is 0. The molecule has 1 aromatic rings. The number of likely N-dealkylation sites (N-methyl/N-ethyl adjacent to an activating group) is 2. The van der Waals surface area contributed by atoms with Crippen molar-refractivity contribution < 1.29 is 9.90 Å². The minimum Gasteiger partial charge on any atom is -0.396 e. The van der Waals surface area contributed by atoms with Gasteiger partial charge in [0.25, 0.3) is 5.91 Å². The second kappa shape index (κ2) is 9.22. The maximum Gasteiger partial charge on any atom is 0.257 e. The third-order valence-electron chi connectivity index (χ3n) is 4.84. The second-order valence-corrected chi connectivity index (χ2v) is 7.22. The number of likely N-dealkylation sites (tertiary alicyclic amines) is 1. The SMILES string of the molecule is CCc1ncc(C(=O)N2C[C@@H](CN(C)CCN(C)C)[C@@H](CO)C2)cn1. The topological polar surface area (TPSA) is 72.8 Å². The van der Waals surface area contributed by atoms with Gasteiger partial charge in [0.05, 0.1) is 5.56 Å². The van der Waals surface area contributed by atoms with Crippen molar-refractivity contribution >= 4 is 5.91 Å². The molecule has 1 N–H and O–H groups in total. The lowest BCUT2D eigenvalue weighted by Gasteiger charge is -2.25. The van der Waals surface area contributed by atoms with Crippen molar-refractivity contribution in [2.45, 2.75) is 13.3 Å². The molecule has 1 amide bonds. The van der Waals surface area contributed by atoms with Gasteiger partial charge in [0.15, 0.2) is 0 Å². The van der Waals surface area contributed by atoms with Gasteiger partial charge in [0.1, 0.15) is 5.82 Å². The van der Waals surface area contributed by atoms with Gasteiger partial charge < -0.3 is 19.8 Å². The highest BCUT2D eigenvalue weighted by Crippen LogP contribution is 2.25. The van der Waals surface area contributed by atoms with Gasteiger partial charge in [-0.15, -0.1) is 0 Å². The maximum absolute atomic E-state index is 12.7. The fourth-order valence-corrected chi connectivity index (χ4v) is 3.21. The molecule has 0 aliphatic carbocycles. The van der Waals surface area contributed by atoms with Gasteiger partial charge in [0.2, 0.25) is 0 Å². The first kappa shape index (κ1) is 19.8. The fraction of sp³-hybridized carbons (Fsp3) is 0.722. The molecule has 140 valence electrons. The van der Waals surface area contributed by atoms with Crippen LogP contribution in [0.25, 0.3) is 0 Å². The van der Waals surface area contributed by atoms with Crippen LogP contribution in [0.2, 0.25) is 0 Å². The number of hydrogen-bond acceptors (Lipinski definition) is 6. The van der Waals surface area contributed by atoms with Gasteiger partial charge in [-0.25, -0.2) is 9.97 Å². The normalized spacial score (nSPS) is 20.7. The Balaban J connectivity index is 1.95. The summed E-state index contributed by atoms with van der Waals surface area (Å²) in [5.41, 5.74) is 0.524. The van der Waals surface area contributed by atoms with E-state index in [-0.39, 0.29) is 24.3 Å². The van der Waals surface area contributed by atoms with E-state index in [1.807, 2.05) is 11.8 Å². The molecule has 25 heavy (non-hydrogen) atoms. The first-order valence-electron chi connectivity index (χ1n) is 8.98. The lowest BCUT2D eigenvalue weighted by atomic mass is 9.96. The highest BCUT2D eigenvalue weighted by Gasteiger charge is 2.35. The molecule has 0 unspecified atom stereocenters. The molecule has 0 radical (unpaired) electrons. The van der Waals surface area contributed by atoms with Crippen molar-refractivity contribution in [2.75, 3.05) is 60.5 Å². The van der Waals surface area contributed by atoms with Crippen LogP contribution in [-0.2, 0) is 6.42 Å². The van der Waals surface area contributed by atoms with Crippen molar-refractivity contribution in [3.63, 3.8) is 0 Å². The Morgan fingerprint density at radius 3 is 2.40 bits per heavy atom. The van der Waals surface area contributed by atoms with E-state index in [1.54, 1.807) is 12.4 Å². The molecular formula is C18H31N5O2. The second-order valence-electron chi connectivity index (χ2n) is 7.22. The van der Waals surface area contributed by atoms with Gasteiger partial charge in [0, 0.05) is 64.1 Å². The molecule has 0 bridgehead atoms. The molecule has 2 rings (SSSR count). The number of aliphatic hydroxyl groups excluding tert-OH is 1. The van der Waals surface area contributed by atoms with Crippen LogP contribution in [0.1, 0.15) is 23.1 Å². The van der Waals surface area contributed by atoms with E-state index in [2.05, 4.69) is 40.9 Å². The van der Waals surface area contributed by atoms with Crippen molar-refractivity contribution in [2.24, 2.45) is 11.8 Å². The van der Waals surface area contributed by atoms with E-state index in [9.17, 15) is 9.90 Å². The lowest BCUT2D eigenvalue weighted by Crippen LogP contribution is -2.35. The summed E-state index contributed by atoms with van der Waals surface area (Å²) in [6.07, 6.45) is 3.98. The summed E-state index contributed by atoms with van der Waals surface area (Å²) < 4.78 is 0. The number of aromatic nitrogens is 2. The molecule has 1 saturated heterocycles. The molecule has 0 spiro atoms. The zero-order valence-electron chi connectivity index (χ0n) is 15.9. The maximum atomic E-state index is 12.7. The van der Waals surface area contributed by atoms with Gasteiger partial charge in [-0.2, -0.15) is 0 Å². The van der Waals surface area contributed by atoms with Crippen LogP contribution in [0.15, 0.2) is 12.4 Å². The molecule has 7 nitrogen and oxygen atoms in total. The molecule has 0 saturated carbocycles. The fourth-order valence-electron chi connectivity index (χ4n) is 3.21. The van der Waals surface area contributed by atoms with Crippen LogP contribution in [0, 0.1) is 11.8 Å². The first-order valence-corrected chi connectivity index (χ1v) is 8.98. The zero-order valence-corrected chi connectivity index (χ0v) is 15.9. The van der Waals surface area contributed by atoms with Gasteiger partial charge >= 0.3 is 0 Å². The molecule has 7 heteroatoms. The van der Waals surface area contributed by atoms with Gasteiger partial charge in [-0.1, -0.05) is 6.92 Å². The number of amides is 1. The van der Waals surface area contributed by atoms with Crippen LogP contribution in [-0.4, -0.2) is 96.2 Å². The van der Waals surface area contributed by atoms with Crippen molar-refractivity contribution in [1.82, 2.24) is 24.7 Å². The summed E-state index contributed by atoms with van der Waals surface area (Å²) in [6.45, 7) is 6.22. The van der Waals surface area contributed by atoms with Crippen LogP contribution in [0.4, 0.5) is 0 Å². The largest absolute Gasteiger partial charge is 0.396 e. The number of nitrogens with zero attached hydrogens (tertiary/aromatic N) is 5. The molecule has 1 aliphatic rings. The van der Waals surface area contributed by atoms with E-state index in [0.29, 0.717) is 18.7 Å². The van der Waals surface area contributed by atoms with E-state index >= 15 is 0 Å².